The SMILES string of the molecule is O=C([O-])[C@H]1[C@H]2C[C@H]2CN1C(=O)c1cccs1. The smallest absolute Gasteiger partial charge is 0.264 e. The van der Waals surface area contributed by atoms with Gasteiger partial charge in [-0.05, 0) is 29.7 Å². The third-order valence-electron chi connectivity index (χ3n) is 3.38. The first-order valence-electron chi connectivity index (χ1n) is 5.24. The Morgan fingerprint density at radius 1 is 1.50 bits per heavy atom. The molecule has 0 N–H and O–H groups in total. The molecule has 3 atom stereocenters. The summed E-state index contributed by atoms with van der Waals surface area (Å²) in [4.78, 5) is 25.1. The molecule has 2 fully saturated rings. The van der Waals surface area contributed by atoms with E-state index in [9.17, 15) is 14.7 Å². The zero-order chi connectivity index (χ0) is 11.3. The molecule has 1 amide bonds. The number of thiophene rings is 1. The van der Waals surface area contributed by atoms with Crippen LogP contribution >= 0.6 is 11.3 Å². The molecule has 1 aliphatic carbocycles. The highest BCUT2D eigenvalue weighted by Crippen LogP contribution is 2.49. The molecule has 4 nitrogen and oxygen atoms in total. The molecule has 2 aliphatic rings. The van der Waals surface area contributed by atoms with Crippen LogP contribution in [0.25, 0.3) is 0 Å². The van der Waals surface area contributed by atoms with E-state index >= 15 is 0 Å². The fraction of sp³-hybridized carbons (Fsp3) is 0.455. The normalized spacial score (nSPS) is 31.2. The van der Waals surface area contributed by atoms with Crippen molar-refractivity contribution < 1.29 is 14.7 Å². The van der Waals surface area contributed by atoms with E-state index in [1.165, 1.54) is 16.2 Å². The third-order valence-corrected chi connectivity index (χ3v) is 4.24. The van der Waals surface area contributed by atoms with Gasteiger partial charge >= 0.3 is 0 Å². The van der Waals surface area contributed by atoms with E-state index in [0.717, 1.165) is 6.42 Å². The molecule has 84 valence electrons. The van der Waals surface area contributed by atoms with E-state index in [0.29, 0.717) is 17.3 Å². The molecule has 0 radical (unpaired) electrons. The minimum Gasteiger partial charge on any atom is -0.548 e. The largest absolute Gasteiger partial charge is 0.548 e. The van der Waals surface area contributed by atoms with Crippen LogP contribution in [-0.4, -0.2) is 29.4 Å². The van der Waals surface area contributed by atoms with Crippen molar-refractivity contribution in [2.75, 3.05) is 6.54 Å². The van der Waals surface area contributed by atoms with Crippen molar-refractivity contribution in [1.82, 2.24) is 4.90 Å². The molecule has 1 aromatic heterocycles. The average molecular weight is 236 g/mol. The molecule has 5 heteroatoms. The Balaban J connectivity index is 1.85. The van der Waals surface area contributed by atoms with Gasteiger partial charge in [0.05, 0.1) is 16.9 Å². The van der Waals surface area contributed by atoms with Crippen molar-refractivity contribution in [3.8, 4) is 0 Å². The lowest BCUT2D eigenvalue weighted by Gasteiger charge is -2.27. The summed E-state index contributed by atoms with van der Waals surface area (Å²) in [6.07, 6.45) is 0.923. The first kappa shape index (κ1) is 9.84. The number of aliphatic carboxylic acids is 1. The van der Waals surface area contributed by atoms with Crippen molar-refractivity contribution in [2.45, 2.75) is 12.5 Å². The van der Waals surface area contributed by atoms with Crippen LogP contribution in [0.3, 0.4) is 0 Å². The van der Waals surface area contributed by atoms with Gasteiger partial charge in [-0.25, -0.2) is 0 Å². The zero-order valence-corrected chi connectivity index (χ0v) is 9.28. The van der Waals surface area contributed by atoms with Gasteiger partial charge in [-0.2, -0.15) is 0 Å². The number of piperidine rings is 1. The van der Waals surface area contributed by atoms with Crippen LogP contribution in [0.5, 0.6) is 0 Å². The molecule has 1 saturated heterocycles. The predicted octanol–water partition coefficient (Wildman–Crippen LogP) is -0.0415. The Kier molecular flexibility index (Phi) is 2.04. The van der Waals surface area contributed by atoms with E-state index < -0.39 is 12.0 Å². The molecule has 1 aliphatic heterocycles. The summed E-state index contributed by atoms with van der Waals surface area (Å²) in [5, 5.41) is 12.8. The van der Waals surface area contributed by atoms with Gasteiger partial charge in [-0.15, -0.1) is 11.3 Å². The number of rotatable bonds is 2. The lowest BCUT2D eigenvalue weighted by atomic mass is 10.2. The van der Waals surface area contributed by atoms with Crippen LogP contribution < -0.4 is 5.11 Å². The average Bonchev–Trinajstić information content (AvgIpc) is 2.72. The fourth-order valence-corrected chi connectivity index (χ4v) is 3.20. The molecular formula is C11H10NO3S-. The van der Waals surface area contributed by atoms with Gasteiger partial charge < -0.3 is 14.8 Å². The molecule has 0 unspecified atom stereocenters. The summed E-state index contributed by atoms with van der Waals surface area (Å²) in [6, 6.07) is 2.81. The van der Waals surface area contributed by atoms with Gasteiger partial charge in [0.25, 0.3) is 5.91 Å². The molecule has 0 spiro atoms. The van der Waals surface area contributed by atoms with Crippen LogP contribution in [-0.2, 0) is 4.79 Å². The Hall–Kier alpha value is -1.36. The number of carbonyl (C=O) groups excluding carboxylic acids is 2. The first-order chi connectivity index (χ1) is 7.68. The minimum atomic E-state index is -1.12. The maximum Gasteiger partial charge on any atom is 0.264 e. The topological polar surface area (TPSA) is 60.4 Å². The van der Waals surface area contributed by atoms with Gasteiger partial charge in [0, 0.05) is 6.54 Å². The highest BCUT2D eigenvalue weighted by molar-refractivity contribution is 7.12. The van der Waals surface area contributed by atoms with Gasteiger partial charge in [0.15, 0.2) is 0 Å². The molecule has 0 aromatic carbocycles. The number of carbonyl (C=O) groups is 2. The number of hydrogen-bond acceptors (Lipinski definition) is 4. The summed E-state index contributed by atoms with van der Waals surface area (Å²) in [6.45, 7) is 0.569. The van der Waals surface area contributed by atoms with Crippen LogP contribution in [0, 0.1) is 11.8 Å². The standard InChI is InChI=1S/C11H11NO3S/c13-10(8-2-1-3-16-8)12-5-6-4-7(6)9(12)11(14)15/h1-3,6-7,9H,4-5H2,(H,14,15)/p-1/t6-,7-,9+/m0/s1. The van der Waals surface area contributed by atoms with Crippen molar-refractivity contribution >= 4 is 23.2 Å². The number of amides is 1. The maximum absolute atomic E-state index is 12.0. The van der Waals surface area contributed by atoms with Crippen molar-refractivity contribution in [1.29, 1.82) is 0 Å². The summed E-state index contributed by atoms with van der Waals surface area (Å²) in [5.74, 6) is -0.771. The van der Waals surface area contributed by atoms with Crippen LogP contribution in [0.15, 0.2) is 17.5 Å². The summed E-state index contributed by atoms with van der Waals surface area (Å²) in [5.41, 5.74) is 0. The van der Waals surface area contributed by atoms with E-state index in [-0.39, 0.29) is 11.8 Å². The Morgan fingerprint density at radius 2 is 2.31 bits per heavy atom. The molecular weight excluding hydrogens is 226 g/mol. The van der Waals surface area contributed by atoms with Crippen LogP contribution in [0.1, 0.15) is 16.1 Å². The number of carboxylic acids is 1. The number of carboxylic acid groups (broad SMARTS) is 1. The second-order valence-corrected chi connectivity index (χ2v) is 5.31. The monoisotopic (exact) mass is 236 g/mol. The number of hydrogen-bond donors (Lipinski definition) is 0. The number of likely N-dealkylation sites (tertiary alicyclic amines) is 1. The van der Waals surface area contributed by atoms with E-state index in [1.807, 2.05) is 5.38 Å². The highest BCUT2D eigenvalue weighted by Gasteiger charge is 2.54. The van der Waals surface area contributed by atoms with E-state index in [4.69, 9.17) is 0 Å². The minimum absolute atomic E-state index is 0.133. The number of nitrogens with zero attached hydrogens (tertiary/aromatic N) is 1. The Morgan fingerprint density at radius 3 is 2.94 bits per heavy atom. The Bertz CT molecular complexity index is 442. The molecule has 1 aromatic rings. The van der Waals surface area contributed by atoms with Crippen molar-refractivity contribution in [2.24, 2.45) is 11.8 Å². The van der Waals surface area contributed by atoms with Crippen LogP contribution in [0.4, 0.5) is 0 Å². The highest BCUT2D eigenvalue weighted by atomic mass is 32.1. The summed E-state index contributed by atoms with van der Waals surface area (Å²) >= 11 is 1.34. The zero-order valence-electron chi connectivity index (χ0n) is 8.46. The first-order valence-corrected chi connectivity index (χ1v) is 6.12. The maximum atomic E-state index is 12.0. The van der Waals surface area contributed by atoms with Crippen LogP contribution in [0.2, 0.25) is 0 Å². The molecule has 16 heavy (non-hydrogen) atoms. The van der Waals surface area contributed by atoms with Gasteiger partial charge in [-0.1, -0.05) is 6.07 Å². The van der Waals surface area contributed by atoms with E-state index in [2.05, 4.69) is 0 Å². The lowest BCUT2D eigenvalue weighted by molar-refractivity contribution is -0.310. The Labute approximate surface area is 96.5 Å². The molecule has 0 bridgehead atoms. The second-order valence-electron chi connectivity index (χ2n) is 4.36. The molecule has 3 rings (SSSR count). The summed E-state index contributed by atoms with van der Waals surface area (Å²) in [7, 11) is 0. The van der Waals surface area contributed by atoms with Crippen molar-refractivity contribution in [3.05, 3.63) is 22.4 Å². The molecule has 2 heterocycles. The predicted molar refractivity (Wildman–Crippen MR) is 55.7 cm³/mol. The third kappa shape index (κ3) is 1.35. The van der Waals surface area contributed by atoms with Gasteiger partial charge in [-0.3, -0.25) is 4.79 Å². The van der Waals surface area contributed by atoms with Gasteiger partial charge in [0.2, 0.25) is 0 Å². The van der Waals surface area contributed by atoms with Gasteiger partial charge in [0.1, 0.15) is 0 Å². The lowest BCUT2D eigenvalue weighted by Crippen LogP contribution is -2.49. The number of fused-ring (bicyclic) bond motifs is 1. The van der Waals surface area contributed by atoms with Crippen molar-refractivity contribution in [3.63, 3.8) is 0 Å². The second kappa shape index (κ2) is 3.31. The summed E-state index contributed by atoms with van der Waals surface area (Å²) < 4.78 is 0. The fourth-order valence-electron chi connectivity index (χ4n) is 2.52. The quantitative estimate of drug-likeness (QED) is 0.724. The molecule has 1 saturated carbocycles. The van der Waals surface area contributed by atoms with E-state index in [1.54, 1.807) is 12.1 Å².